The van der Waals surface area contributed by atoms with Crippen LogP contribution in [0.5, 0.6) is 0 Å². The molecule has 94 valence electrons. The number of rotatable bonds is 6. The lowest BCUT2D eigenvalue weighted by molar-refractivity contribution is 0.0209. The Balaban J connectivity index is 2.33. The van der Waals surface area contributed by atoms with Gasteiger partial charge in [0.15, 0.2) is 6.10 Å². The maximum absolute atomic E-state index is 11.0. The first-order valence-corrected chi connectivity index (χ1v) is 5.06. The van der Waals surface area contributed by atoms with Gasteiger partial charge >= 0.3 is 12.3 Å². The van der Waals surface area contributed by atoms with E-state index < -0.39 is 24.5 Å². The van der Waals surface area contributed by atoms with E-state index in [0.717, 1.165) is 0 Å². The standard InChI is InChI=1S/C11H14O6/c1-3-5-8-9(17-11(13)16-8)7-15-10(12)14-6-4-2/h3-4,8-9H,1-2,5-7H2. The molecule has 0 saturated carbocycles. The highest BCUT2D eigenvalue weighted by atomic mass is 16.8. The van der Waals surface area contributed by atoms with E-state index in [2.05, 4.69) is 17.9 Å². The molecule has 17 heavy (non-hydrogen) atoms. The fourth-order valence-electron chi connectivity index (χ4n) is 1.25. The van der Waals surface area contributed by atoms with Crippen LogP contribution >= 0.6 is 0 Å². The molecule has 0 radical (unpaired) electrons. The predicted molar refractivity (Wildman–Crippen MR) is 57.5 cm³/mol. The molecule has 6 nitrogen and oxygen atoms in total. The van der Waals surface area contributed by atoms with Crippen molar-refractivity contribution in [2.24, 2.45) is 0 Å². The Kier molecular flexibility index (Phi) is 5.06. The summed E-state index contributed by atoms with van der Waals surface area (Å²) in [6, 6.07) is 0. The van der Waals surface area contributed by atoms with Crippen molar-refractivity contribution in [3.63, 3.8) is 0 Å². The molecule has 0 spiro atoms. The SMILES string of the molecule is C=CCOC(=O)OCC1OC(=O)OC1CC=C. The van der Waals surface area contributed by atoms with Crippen molar-refractivity contribution in [1.82, 2.24) is 0 Å². The van der Waals surface area contributed by atoms with E-state index >= 15 is 0 Å². The molecular weight excluding hydrogens is 228 g/mol. The van der Waals surface area contributed by atoms with Crippen LogP contribution in [0.2, 0.25) is 0 Å². The molecular formula is C11H14O6. The summed E-state index contributed by atoms with van der Waals surface area (Å²) in [7, 11) is 0. The smallest absolute Gasteiger partial charge is 0.430 e. The first-order valence-electron chi connectivity index (χ1n) is 5.06. The number of carbonyl (C=O) groups is 2. The Bertz CT molecular complexity index is 311. The summed E-state index contributed by atoms with van der Waals surface area (Å²) in [5, 5.41) is 0. The van der Waals surface area contributed by atoms with Crippen molar-refractivity contribution in [2.75, 3.05) is 13.2 Å². The lowest BCUT2D eigenvalue weighted by Crippen LogP contribution is -2.28. The van der Waals surface area contributed by atoms with Gasteiger partial charge in [-0.1, -0.05) is 18.7 Å². The monoisotopic (exact) mass is 242 g/mol. The van der Waals surface area contributed by atoms with Crippen molar-refractivity contribution in [1.29, 1.82) is 0 Å². The Hall–Kier alpha value is -1.98. The second-order valence-electron chi connectivity index (χ2n) is 3.25. The maximum Gasteiger partial charge on any atom is 0.509 e. The van der Waals surface area contributed by atoms with Crippen LogP contribution in [-0.2, 0) is 18.9 Å². The second-order valence-corrected chi connectivity index (χ2v) is 3.25. The number of ether oxygens (including phenoxy) is 4. The molecule has 1 aliphatic heterocycles. The first kappa shape index (κ1) is 13.1. The summed E-state index contributed by atoms with van der Waals surface area (Å²) in [5.41, 5.74) is 0. The van der Waals surface area contributed by atoms with Gasteiger partial charge in [-0.05, 0) is 0 Å². The summed E-state index contributed by atoms with van der Waals surface area (Å²) >= 11 is 0. The zero-order valence-electron chi connectivity index (χ0n) is 9.29. The summed E-state index contributed by atoms with van der Waals surface area (Å²) in [6.07, 6.45) is 0.719. The Morgan fingerprint density at radius 1 is 1.24 bits per heavy atom. The largest absolute Gasteiger partial charge is 0.509 e. The van der Waals surface area contributed by atoms with Gasteiger partial charge in [-0.15, -0.1) is 6.58 Å². The third kappa shape index (κ3) is 4.18. The summed E-state index contributed by atoms with van der Waals surface area (Å²) in [6.45, 7) is 6.87. The predicted octanol–water partition coefficient (Wildman–Crippen LogP) is 1.81. The van der Waals surface area contributed by atoms with Crippen LogP contribution in [0.3, 0.4) is 0 Å². The van der Waals surface area contributed by atoms with Gasteiger partial charge in [0.25, 0.3) is 0 Å². The molecule has 1 saturated heterocycles. The topological polar surface area (TPSA) is 71.1 Å². The van der Waals surface area contributed by atoms with Gasteiger partial charge in [0.1, 0.15) is 19.3 Å². The molecule has 1 fully saturated rings. The average Bonchev–Trinajstić information content (AvgIpc) is 2.65. The maximum atomic E-state index is 11.0. The van der Waals surface area contributed by atoms with Crippen LogP contribution in [0.4, 0.5) is 9.59 Å². The van der Waals surface area contributed by atoms with E-state index in [-0.39, 0.29) is 13.2 Å². The second kappa shape index (κ2) is 6.57. The highest BCUT2D eigenvalue weighted by Gasteiger charge is 2.36. The third-order valence-corrected chi connectivity index (χ3v) is 1.99. The molecule has 0 N–H and O–H groups in total. The quantitative estimate of drug-likeness (QED) is 0.522. The van der Waals surface area contributed by atoms with Crippen molar-refractivity contribution in [3.05, 3.63) is 25.3 Å². The van der Waals surface area contributed by atoms with Crippen molar-refractivity contribution >= 4 is 12.3 Å². The van der Waals surface area contributed by atoms with E-state index in [4.69, 9.17) is 14.2 Å². The normalized spacial score (nSPS) is 22.2. The van der Waals surface area contributed by atoms with Gasteiger partial charge in [-0.3, -0.25) is 0 Å². The Labute approximate surface area is 98.8 Å². The number of cyclic esters (lactones) is 2. The van der Waals surface area contributed by atoms with E-state index in [0.29, 0.717) is 6.42 Å². The molecule has 0 aromatic heterocycles. The molecule has 1 aliphatic rings. The van der Waals surface area contributed by atoms with Gasteiger partial charge in [-0.2, -0.15) is 0 Å². The molecule has 0 bridgehead atoms. The van der Waals surface area contributed by atoms with Gasteiger partial charge in [0, 0.05) is 6.42 Å². The summed E-state index contributed by atoms with van der Waals surface area (Å²) in [5.74, 6) is 0. The molecule has 0 amide bonds. The highest BCUT2D eigenvalue weighted by Crippen LogP contribution is 2.19. The van der Waals surface area contributed by atoms with E-state index in [1.807, 2.05) is 0 Å². The zero-order chi connectivity index (χ0) is 12.7. The molecule has 1 rings (SSSR count). The van der Waals surface area contributed by atoms with Crippen LogP contribution in [0.15, 0.2) is 25.3 Å². The molecule has 6 heteroatoms. The highest BCUT2D eigenvalue weighted by molar-refractivity contribution is 5.63. The van der Waals surface area contributed by atoms with Gasteiger partial charge < -0.3 is 18.9 Å². The molecule has 2 atom stereocenters. The minimum atomic E-state index is -0.842. The molecule has 0 aromatic carbocycles. The first-order chi connectivity index (χ1) is 8.17. The van der Waals surface area contributed by atoms with Crippen molar-refractivity contribution in [3.8, 4) is 0 Å². The van der Waals surface area contributed by atoms with Crippen LogP contribution in [0, 0.1) is 0 Å². The lowest BCUT2D eigenvalue weighted by atomic mass is 10.1. The molecule has 2 unspecified atom stereocenters. The zero-order valence-corrected chi connectivity index (χ0v) is 9.29. The van der Waals surface area contributed by atoms with Crippen LogP contribution in [0.25, 0.3) is 0 Å². The molecule has 0 aromatic rings. The Morgan fingerprint density at radius 3 is 2.59 bits per heavy atom. The van der Waals surface area contributed by atoms with E-state index in [1.54, 1.807) is 6.08 Å². The van der Waals surface area contributed by atoms with E-state index in [1.165, 1.54) is 6.08 Å². The lowest BCUT2D eigenvalue weighted by Gasteiger charge is -2.13. The number of carbonyl (C=O) groups excluding carboxylic acids is 2. The summed E-state index contributed by atoms with van der Waals surface area (Å²) in [4.78, 5) is 21.9. The van der Waals surface area contributed by atoms with Gasteiger partial charge in [-0.25, -0.2) is 9.59 Å². The minimum Gasteiger partial charge on any atom is -0.430 e. The van der Waals surface area contributed by atoms with Crippen LogP contribution in [-0.4, -0.2) is 37.7 Å². The van der Waals surface area contributed by atoms with Crippen molar-refractivity contribution < 1.29 is 28.5 Å². The average molecular weight is 242 g/mol. The van der Waals surface area contributed by atoms with Gasteiger partial charge in [0.05, 0.1) is 0 Å². The van der Waals surface area contributed by atoms with Gasteiger partial charge in [0.2, 0.25) is 0 Å². The number of hydrogen-bond donors (Lipinski definition) is 0. The van der Waals surface area contributed by atoms with E-state index in [9.17, 15) is 9.59 Å². The summed E-state index contributed by atoms with van der Waals surface area (Å²) < 4.78 is 19.0. The fourth-order valence-corrected chi connectivity index (χ4v) is 1.25. The third-order valence-electron chi connectivity index (χ3n) is 1.99. The van der Waals surface area contributed by atoms with Crippen molar-refractivity contribution in [2.45, 2.75) is 18.6 Å². The fraction of sp³-hybridized carbons (Fsp3) is 0.455. The molecule has 1 heterocycles. The van der Waals surface area contributed by atoms with Crippen LogP contribution < -0.4 is 0 Å². The molecule has 0 aliphatic carbocycles. The Morgan fingerprint density at radius 2 is 1.94 bits per heavy atom. The van der Waals surface area contributed by atoms with Crippen LogP contribution in [0.1, 0.15) is 6.42 Å². The minimum absolute atomic E-state index is 0.0654. The number of hydrogen-bond acceptors (Lipinski definition) is 6.